The summed E-state index contributed by atoms with van der Waals surface area (Å²) in [7, 11) is 0. The number of ether oxygens (including phenoxy) is 1. The molecule has 0 bridgehead atoms. The van der Waals surface area contributed by atoms with Crippen LogP contribution in [0.5, 0.6) is 0 Å². The summed E-state index contributed by atoms with van der Waals surface area (Å²) in [5.41, 5.74) is 0.790. The van der Waals surface area contributed by atoms with Crippen molar-refractivity contribution in [3.63, 3.8) is 0 Å². The fourth-order valence-corrected chi connectivity index (χ4v) is 3.17. The van der Waals surface area contributed by atoms with Crippen molar-refractivity contribution in [2.24, 2.45) is 0 Å². The van der Waals surface area contributed by atoms with Crippen molar-refractivity contribution in [1.29, 1.82) is 0 Å². The third-order valence-electron chi connectivity index (χ3n) is 3.66. The van der Waals surface area contributed by atoms with Crippen LogP contribution in [0, 0.1) is 0 Å². The van der Waals surface area contributed by atoms with Gasteiger partial charge in [-0.3, -0.25) is 4.79 Å². The van der Waals surface area contributed by atoms with Gasteiger partial charge in [-0.05, 0) is 49.9 Å². The van der Waals surface area contributed by atoms with E-state index in [9.17, 15) is 4.79 Å². The second-order valence-electron chi connectivity index (χ2n) is 5.42. The number of hydrogen-bond donors (Lipinski definition) is 0. The molecule has 1 aliphatic rings. The standard InChI is InChI=1S/C16H17ClN2O3S/c17-12-8-6-11(7-9-12)15-18-19-16(22-15)23-10-14(20)21-13-4-2-1-3-5-13/h6-9,13H,1-5,10H2. The number of aromatic nitrogens is 2. The number of halogens is 1. The van der Waals surface area contributed by atoms with Gasteiger partial charge in [0.25, 0.3) is 5.22 Å². The molecule has 1 fully saturated rings. The van der Waals surface area contributed by atoms with E-state index in [0.29, 0.717) is 16.1 Å². The first-order valence-corrected chi connectivity index (χ1v) is 8.99. The third-order valence-corrected chi connectivity index (χ3v) is 4.71. The lowest BCUT2D eigenvalue weighted by molar-refractivity contribution is -0.147. The van der Waals surface area contributed by atoms with Gasteiger partial charge in [0.05, 0.1) is 0 Å². The van der Waals surface area contributed by atoms with E-state index in [-0.39, 0.29) is 17.8 Å². The average molecular weight is 353 g/mol. The zero-order chi connectivity index (χ0) is 16.1. The molecule has 2 aromatic rings. The Morgan fingerprint density at radius 1 is 1.22 bits per heavy atom. The van der Waals surface area contributed by atoms with E-state index in [4.69, 9.17) is 20.8 Å². The van der Waals surface area contributed by atoms with Gasteiger partial charge in [0, 0.05) is 10.6 Å². The van der Waals surface area contributed by atoms with Crippen LogP contribution in [0.25, 0.3) is 11.5 Å². The molecule has 3 rings (SSSR count). The van der Waals surface area contributed by atoms with Crippen LogP contribution in [0.4, 0.5) is 0 Å². The Morgan fingerprint density at radius 2 is 1.96 bits per heavy atom. The number of benzene rings is 1. The van der Waals surface area contributed by atoms with Crippen molar-refractivity contribution in [3.05, 3.63) is 29.3 Å². The lowest BCUT2D eigenvalue weighted by Crippen LogP contribution is -2.21. The number of hydrogen-bond acceptors (Lipinski definition) is 6. The van der Waals surface area contributed by atoms with Gasteiger partial charge >= 0.3 is 5.97 Å². The lowest BCUT2D eigenvalue weighted by Gasteiger charge is -2.21. The van der Waals surface area contributed by atoms with Gasteiger partial charge in [-0.25, -0.2) is 0 Å². The summed E-state index contributed by atoms with van der Waals surface area (Å²) in [5, 5.41) is 8.92. The van der Waals surface area contributed by atoms with Crippen LogP contribution in [0.2, 0.25) is 5.02 Å². The molecule has 0 unspecified atom stereocenters. The van der Waals surface area contributed by atoms with Crippen LogP contribution in [0.3, 0.4) is 0 Å². The molecule has 0 N–H and O–H groups in total. The Kier molecular flexibility index (Phi) is 5.56. The van der Waals surface area contributed by atoms with Crippen molar-refractivity contribution < 1.29 is 13.9 Å². The van der Waals surface area contributed by atoms with Gasteiger partial charge in [-0.2, -0.15) is 0 Å². The summed E-state index contributed by atoms with van der Waals surface area (Å²) in [5.74, 6) is 0.358. The summed E-state index contributed by atoms with van der Waals surface area (Å²) in [6.45, 7) is 0. The number of carbonyl (C=O) groups excluding carboxylic acids is 1. The minimum atomic E-state index is -0.229. The largest absolute Gasteiger partial charge is 0.462 e. The molecule has 1 aromatic carbocycles. The van der Waals surface area contributed by atoms with E-state index < -0.39 is 0 Å². The number of rotatable bonds is 5. The van der Waals surface area contributed by atoms with Crippen molar-refractivity contribution in [1.82, 2.24) is 10.2 Å². The zero-order valence-electron chi connectivity index (χ0n) is 12.5. The number of esters is 1. The van der Waals surface area contributed by atoms with Gasteiger partial charge < -0.3 is 9.15 Å². The molecule has 0 aliphatic heterocycles. The normalized spacial score (nSPS) is 15.5. The molecule has 0 atom stereocenters. The van der Waals surface area contributed by atoms with E-state index >= 15 is 0 Å². The van der Waals surface area contributed by atoms with Gasteiger partial charge in [0.1, 0.15) is 11.9 Å². The first-order chi connectivity index (χ1) is 11.2. The van der Waals surface area contributed by atoms with Crippen molar-refractivity contribution >= 4 is 29.3 Å². The summed E-state index contributed by atoms with van der Waals surface area (Å²) in [6.07, 6.45) is 5.52. The molecule has 1 aromatic heterocycles. The molecule has 0 saturated heterocycles. The van der Waals surface area contributed by atoms with Crippen LogP contribution in [0.1, 0.15) is 32.1 Å². The third kappa shape index (κ3) is 4.72. The highest BCUT2D eigenvalue weighted by Gasteiger charge is 2.18. The van der Waals surface area contributed by atoms with Crippen LogP contribution in [-0.2, 0) is 9.53 Å². The summed E-state index contributed by atoms with van der Waals surface area (Å²) in [6, 6.07) is 7.13. The molecule has 122 valence electrons. The van der Waals surface area contributed by atoms with E-state index in [1.807, 2.05) is 12.1 Å². The van der Waals surface area contributed by atoms with Crippen LogP contribution in [-0.4, -0.2) is 28.0 Å². The smallest absolute Gasteiger partial charge is 0.316 e. The highest BCUT2D eigenvalue weighted by atomic mass is 35.5. The average Bonchev–Trinajstić information content (AvgIpc) is 3.04. The molecule has 7 heteroatoms. The van der Waals surface area contributed by atoms with Crippen molar-refractivity contribution in [3.8, 4) is 11.5 Å². The predicted octanol–water partition coefficient (Wildman–Crippen LogP) is 4.36. The topological polar surface area (TPSA) is 65.2 Å². The minimum absolute atomic E-state index is 0.0733. The lowest BCUT2D eigenvalue weighted by atomic mass is 9.98. The van der Waals surface area contributed by atoms with Crippen molar-refractivity contribution in [2.75, 3.05) is 5.75 Å². The molecular formula is C16H17ClN2O3S. The number of nitrogens with zero attached hydrogens (tertiary/aromatic N) is 2. The van der Waals surface area contributed by atoms with E-state index in [0.717, 1.165) is 31.2 Å². The first-order valence-electron chi connectivity index (χ1n) is 7.62. The summed E-state index contributed by atoms with van der Waals surface area (Å²) in [4.78, 5) is 11.9. The second kappa shape index (κ2) is 7.84. The fraction of sp³-hybridized carbons (Fsp3) is 0.438. The Bertz CT molecular complexity index is 654. The maximum Gasteiger partial charge on any atom is 0.316 e. The molecular weight excluding hydrogens is 336 g/mol. The SMILES string of the molecule is O=C(CSc1nnc(-c2ccc(Cl)cc2)o1)OC1CCCCC1. The highest BCUT2D eigenvalue weighted by Crippen LogP contribution is 2.25. The van der Waals surface area contributed by atoms with E-state index in [2.05, 4.69) is 10.2 Å². The Morgan fingerprint density at radius 3 is 2.70 bits per heavy atom. The molecule has 1 heterocycles. The zero-order valence-corrected chi connectivity index (χ0v) is 14.1. The van der Waals surface area contributed by atoms with Gasteiger partial charge in [-0.1, -0.05) is 29.8 Å². The monoisotopic (exact) mass is 352 g/mol. The van der Waals surface area contributed by atoms with Gasteiger partial charge in [-0.15, -0.1) is 10.2 Å². The van der Waals surface area contributed by atoms with E-state index in [1.54, 1.807) is 12.1 Å². The Labute approximate surface area is 143 Å². The van der Waals surface area contributed by atoms with Gasteiger partial charge in [0.15, 0.2) is 0 Å². The van der Waals surface area contributed by atoms with Crippen LogP contribution >= 0.6 is 23.4 Å². The molecule has 0 radical (unpaired) electrons. The summed E-state index contributed by atoms with van der Waals surface area (Å²) < 4.78 is 11.0. The Hall–Kier alpha value is -1.53. The molecule has 1 aliphatic carbocycles. The van der Waals surface area contributed by atoms with Crippen LogP contribution in [0.15, 0.2) is 33.9 Å². The van der Waals surface area contributed by atoms with Gasteiger partial charge in [0.2, 0.25) is 5.89 Å². The Balaban J connectivity index is 1.50. The van der Waals surface area contributed by atoms with Crippen molar-refractivity contribution in [2.45, 2.75) is 43.4 Å². The second-order valence-corrected chi connectivity index (χ2v) is 6.78. The van der Waals surface area contributed by atoms with Crippen LogP contribution < -0.4 is 0 Å². The number of carbonyl (C=O) groups is 1. The molecule has 0 amide bonds. The predicted molar refractivity (Wildman–Crippen MR) is 88.4 cm³/mol. The summed E-state index contributed by atoms with van der Waals surface area (Å²) >= 11 is 7.04. The number of thioether (sulfide) groups is 1. The fourth-order valence-electron chi connectivity index (χ4n) is 2.50. The maximum absolute atomic E-state index is 11.9. The molecule has 5 nitrogen and oxygen atoms in total. The molecule has 0 spiro atoms. The van der Waals surface area contributed by atoms with E-state index in [1.165, 1.54) is 18.2 Å². The first kappa shape index (κ1) is 16.3. The molecule has 23 heavy (non-hydrogen) atoms. The molecule has 1 saturated carbocycles. The minimum Gasteiger partial charge on any atom is -0.462 e. The quantitative estimate of drug-likeness (QED) is 0.588. The highest BCUT2D eigenvalue weighted by molar-refractivity contribution is 7.99. The maximum atomic E-state index is 11.9.